The second-order valence-electron chi connectivity index (χ2n) is 3.15. The molecule has 105 valence electrons. The average molecular weight is 363 g/mol. The Labute approximate surface area is 133 Å². The van der Waals surface area contributed by atoms with Crippen molar-refractivity contribution in [1.82, 2.24) is 4.98 Å². The van der Waals surface area contributed by atoms with Crippen LogP contribution in [0.5, 0.6) is 5.75 Å². The Morgan fingerprint density at radius 2 is 2.37 bits per heavy atom. The van der Waals surface area contributed by atoms with Gasteiger partial charge < -0.3 is 20.7 Å². The van der Waals surface area contributed by atoms with Crippen LogP contribution in [0.25, 0.3) is 5.43 Å². The van der Waals surface area contributed by atoms with Crippen molar-refractivity contribution in [2.45, 2.75) is 13.5 Å². The molecule has 0 aromatic carbocycles. The van der Waals surface area contributed by atoms with E-state index in [0.717, 1.165) is 0 Å². The van der Waals surface area contributed by atoms with E-state index in [0.29, 0.717) is 21.1 Å². The third-order valence-corrected chi connectivity index (χ3v) is 3.16. The van der Waals surface area contributed by atoms with E-state index in [9.17, 15) is 0 Å². The van der Waals surface area contributed by atoms with Gasteiger partial charge in [0.05, 0.1) is 12.2 Å². The number of aryl methyl sites for hydroxylation is 1. The summed E-state index contributed by atoms with van der Waals surface area (Å²) >= 11 is 7.84. The Morgan fingerprint density at radius 3 is 2.89 bits per heavy atom. The van der Waals surface area contributed by atoms with Crippen LogP contribution in [0.15, 0.2) is 11.3 Å². The van der Waals surface area contributed by atoms with Gasteiger partial charge in [0.25, 0.3) is 5.75 Å². The van der Waals surface area contributed by atoms with E-state index in [-0.39, 0.29) is 12.4 Å². The minimum atomic E-state index is -0.180. The van der Waals surface area contributed by atoms with Crippen LogP contribution in [0.4, 0.5) is 0 Å². The molecular weight excluding hydrogens is 349 g/mol. The summed E-state index contributed by atoms with van der Waals surface area (Å²) < 4.78 is 0.532. The van der Waals surface area contributed by atoms with E-state index in [1.807, 2.05) is 6.26 Å². The van der Waals surface area contributed by atoms with Gasteiger partial charge in [0.15, 0.2) is 16.5 Å². The predicted molar refractivity (Wildman–Crippen MR) is 82.0 cm³/mol. The van der Waals surface area contributed by atoms with Gasteiger partial charge in [-0.2, -0.15) is 0 Å². The average Bonchev–Trinajstić information content (AvgIpc) is 2.45. The van der Waals surface area contributed by atoms with Crippen molar-refractivity contribution >= 4 is 44.6 Å². The molecule has 1 rings (SSSR count). The van der Waals surface area contributed by atoms with E-state index in [2.05, 4.69) is 52.9 Å². The minimum absolute atomic E-state index is 0.180. The molecule has 0 aliphatic rings. The van der Waals surface area contributed by atoms with Gasteiger partial charge in [-0.25, -0.2) is 0 Å². The number of rotatable bonds is 3. The van der Waals surface area contributed by atoms with E-state index in [1.165, 1.54) is 24.2 Å². The van der Waals surface area contributed by atoms with Crippen LogP contribution < -0.4 is 0 Å². The summed E-state index contributed by atoms with van der Waals surface area (Å²) in [5, 5.41) is 20.8. The van der Waals surface area contributed by atoms with Gasteiger partial charge in [-0.05, 0) is 13.2 Å². The third-order valence-electron chi connectivity index (χ3n) is 2.07. The number of hydrogen-bond donors (Lipinski definition) is 1. The molecule has 9 heteroatoms. The number of aromatic nitrogens is 1. The fourth-order valence-corrected chi connectivity index (χ4v) is 1.29. The summed E-state index contributed by atoms with van der Waals surface area (Å²) in [5.41, 5.74) is 5.49. The Kier molecular flexibility index (Phi) is 10.2. The van der Waals surface area contributed by atoms with Gasteiger partial charge in [-0.3, -0.25) is 4.98 Å². The standard InChI is InChI=1S/C10H13N3O2S2.ClH.Mn/c1-6-9(15)8(7(5-14)3-11-6)4-12-13-10(16)17-2;;/h3-4,14H,5H2,1-2H3,(H2,11,12,13,15,16);1H;/q;;+2. The normalized spacial score (nSPS) is 9.89. The van der Waals surface area contributed by atoms with E-state index in [4.69, 9.17) is 10.2 Å². The molecular formula is C10H14ClMnN3O2S2+2. The number of thiol groups is 1. The fourth-order valence-electron chi connectivity index (χ4n) is 1.11. The molecule has 0 aliphatic carbocycles. The van der Waals surface area contributed by atoms with E-state index in [1.54, 1.807) is 6.92 Å². The molecule has 1 heterocycles. The first-order valence-electron chi connectivity index (χ1n) is 4.89. The quantitative estimate of drug-likeness (QED) is 0.220. The zero-order chi connectivity index (χ0) is 14.8. The summed E-state index contributed by atoms with van der Waals surface area (Å²) in [6, 6.07) is 0. The summed E-state index contributed by atoms with van der Waals surface area (Å²) in [5.74, 6) is 0.250. The van der Waals surface area contributed by atoms with Crippen LogP contribution in [0.2, 0.25) is 0 Å². The van der Waals surface area contributed by atoms with Crippen molar-refractivity contribution in [2.24, 2.45) is 5.10 Å². The van der Waals surface area contributed by atoms with Crippen molar-refractivity contribution in [2.75, 3.05) is 6.26 Å². The van der Waals surface area contributed by atoms with Crippen molar-refractivity contribution in [1.29, 1.82) is 0 Å². The van der Waals surface area contributed by atoms with Gasteiger partial charge in [0, 0.05) is 18.0 Å². The summed E-state index contributed by atoms with van der Waals surface area (Å²) in [4.78, 5) is 4.01. The number of pyridine rings is 1. The van der Waals surface area contributed by atoms with Crippen molar-refractivity contribution in [3.05, 3.63) is 28.4 Å². The third kappa shape index (κ3) is 6.07. The molecule has 1 aromatic rings. The molecule has 0 saturated heterocycles. The predicted octanol–water partition coefficient (Wildman–Crippen LogP) is 1.44. The molecule has 19 heavy (non-hydrogen) atoms. The molecule has 0 unspecified atom stereocenters. The maximum atomic E-state index is 9.15. The number of aliphatic hydroxyl groups excluding tert-OH is 1. The van der Waals surface area contributed by atoms with Gasteiger partial charge >= 0.3 is 25.2 Å². The van der Waals surface area contributed by atoms with Crippen molar-refractivity contribution in [3.8, 4) is 5.75 Å². The zero-order valence-corrected chi connectivity index (χ0v) is 13.9. The fraction of sp³-hybridized carbons (Fsp3) is 0.300. The van der Waals surface area contributed by atoms with Crippen LogP contribution in [0.3, 0.4) is 0 Å². The molecule has 0 spiro atoms. The topological polar surface area (TPSA) is 82.5 Å². The summed E-state index contributed by atoms with van der Waals surface area (Å²) in [6.07, 6.45) is 4.82. The first-order valence-corrected chi connectivity index (χ1v) is 8.19. The molecule has 3 N–H and O–H groups in total. The summed E-state index contributed by atoms with van der Waals surface area (Å²) in [7, 11) is 4.45. The maximum absolute atomic E-state index is 9.15. The SMILES string of the molecule is CSC(=[SH+])[N-]N=Cc1c(CO)cnc(C)c1[OH2+].[Cl][Mn+]. The number of aliphatic hydroxyl groups is 1. The number of nitrogens with zero attached hydrogens (tertiary/aromatic N) is 3. The first kappa shape index (κ1) is 18.6. The molecule has 0 saturated carbocycles. The zero-order valence-electron chi connectivity index (χ0n) is 10.3. The Hall–Kier alpha value is -0.371. The molecule has 0 aliphatic heterocycles. The van der Waals surface area contributed by atoms with Crippen molar-refractivity contribution in [3.63, 3.8) is 0 Å². The molecule has 5 nitrogen and oxygen atoms in total. The molecule has 0 amide bonds. The Balaban J connectivity index is 0.00000154. The van der Waals surface area contributed by atoms with Crippen LogP contribution >= 0.6 is 21.9 Å². The Bertz CT molecular complexity index is 461. The second kappa shape index (κ2) is 10.4. The van der Waals surface area contributed by atoms with Crippen LogP contribution in [-0.4, -0.2) is 32.0 Å². The van der Waals surface area contributed by atoms with E-state index >= 15 is 0 Å². The number of hydrogen-bond acceptors (Lipinski definition) is 4. The first-order chi connectivity index (χ1) is 9.10. The second-order valence-corrected chi connectivity index (χ2v) is 4.67. The number of halogens is 1. The van der Waals surface area contributed by atoms with Crippen LogP contribution in [0, 0.1) is 6.92 Å². The molecule has 0 fully saturated rings. The van der Waals surface area contributed by atoms with Gasteiger partial charge in [0.2, 0.25) is 0 Å². The molecule has 0 radical (unpaired) electrons. The molecule has 1 aromatic heterocycles. The van der Waals surface area contributed by atoms with Gasteiger partial charge in [-0.1, -0.05) is 11.8 Å². The van der Waals surface area contributed by atoms with Crippen LogP contribution in [-0.2, 0) is 33.9 Å². The van der Waals surface area contributed by atoms with Crippen LogP contribution in [0.1, 0.15) is 16.8 Å². The molecule has 0 atom stereocenters. The monoisotopic (exact) mass is 362 g/mol. The summed E-state index contributed by atoms with van der Waals surface area (Å²) in [6.45, 7) is 1.55. The van der Waals surface area contributed by atoms with Crippen molar-refractivity contribution < 1.29 is 25.3 Å². The van der Waals surface area contributed by atoms with Gasteiger partial charge in [-0.15, -0.1) is 0 Å². The van der Waals surface area contributed by atoms with Gasteiger partial charge in [0.1, 0.15) is 5.69 Å². The van der Waals surface area contributed by atoms with E-state index < -0.39 is 0 Å². The molecule has 0 bridgehead atoms. The Morgan fingerprint density at radius 1 is 1.74 bits per heavy atom. The number of thioether (sulfide) groups is 1.